The summed E-state index contributed by atoms with van der Waals surface area (Å²) in [5.74, 6) is 0.495. The van der Waals surface area contributed by atoms with Gasteiger partial charge in [-0.15, -0.1) is 0 Å². The summed E-state index contributed by atoms with van der Waals surface area (Å²) in [6.07, 6.45) is 1.98. The van der Waals surface area contributed by atoms with Crippen LogP contribution in [-0.2, 0) is 16.1 Å². The minimum Gasteiger partial charge on any atom is -0.481 e. The number of carboxylic acid groups (broad SMARTS) is 1. The number of amides is 1. The van der Waals surface area contributed by atoms with Crippen molar-refractivity contribution in [3.63, 3.8) is 0 Å². The molecule has 1 fully saturated rings. The van der Waals surface area contributed by atoms with Crippen LogP contribution in [0, 0.1) is 12.3 Å². The van der Waals surface area contributed by atoms with Crippen LogP contribution in [0.1, 0.15) is 44.6 Å². The SMILES string of the molecule is Cc1ccc(CN(C(=O)CC(C)(C)C(=O)O)C2CC2)o1. The quantitative estimate of drug-likeness (QED) is 0.868. The number of carbonyl (C=O) groups excluding carboxylic acids is 1. The van der Waals surface area contributed by atoms with Crippen molar-refractivity contribution in [2.45, 2.75) is 52.6 Å². The molecule has 20 heavy (non-hydrogen) atoms. The first-order chi connectivity index (χ1) is 9.29. The van der Waals surface area contributed by atoms with Gasteiger partial charge in [-0.3, -0.25) is 9.59 Å². The maximum Gasteiger partial charge on any atom is 0.309 e. The van der Waals surface area contributed by atoms with E-state index in [1.54, 1.807) is 18.7 Å². The van der Waals surface area contributed by atoms with E-state index in [-0.39, 0.29) is 18.4 Å². The Morgan fingerprint density at radius 1 is 1.40 bits per heavy atom. The summed E-state index contributed by atoms with van der Waals surface area (Å²) >= 11 is 0. The van der Waals surface area contributed by atoms with Gasteiger partial charge in [-0.05, 0) is 45.7 Å². The number of aliphatic carboxylic acids is 1. The van der Waals surface area contributed by atoms with Crippen LogP contribution < -0.4 is 0 Å². The number of furan rings is 1. The summed E-state index contributed by atoms with van der Waals surface area (Å²) in [4.78, 5) is 25.3. The van der Waals surface area contributed by atoms with Crippen molar-refractivity contribution in [3.8, 4) is 0 Å². The van der Waals surface area contributed by atoms with Crippen molar-refractivity contribution in [2.75, 3.05) is 0 Å². The Morgan fingerprint density at radius 2 is 2.05 bits per heavy atom. The third-order valence-electron chi connectivity index (χ3n) is 3.60. The van der Waals surface area contributed by atoms with Crippen LogP contribution in [-0.4, -0.2) is 27.9 Å². The molecule has 1 aromatic heterocycles. The van der Waals surface area contributed by atoms with Crippen LogP contribution in [0.2, 0.25) is 0 Å². The molecular weight excluding hydrogens is 258 g/mol. The van der Waals surface area contributed by atoms with E-state index in [0.29, 0.717) is 6.54 Å². The van der Waals surface area contributed by atoms with Crippen molar-refractivity contribution in [1.82, 2.24) is 4.90 Å². The zero-order valence-corrected chi connectivity index (χ0v) is 12.2. The average molecular weight is 279 g/mol. The van der Waals surface area contributed by atoms with Crippen molar-refractivity contribution in [3.05, 3.63) is 23.7 Å². The topological polar surface area (TPSA) is 70.8 Å². The van der Waals surface area contributed by atoms with Crippen LogP contribution >= 0.6 is 0 Å². The molecule has 110 valence electrons. The highest BCUT2D eigenvalue weighted by atomic mass is 16.4. The molecule has 0 unspecified atom stereocenters. The number of rotatable bonds is 6. The van der Waals surface area contributed by atoms with Gasteiger partial charge >= 0.3 is 5.97 Å². The fourth-order valence-electron chi connectivity index (χ4n) is 2.10. The Labute approximate surface area is 118 Å². The number of carbonyl (C=O) groups is 2. The Hall–Kier alpha value is -1.78. The van der Waals surface area contributed by atoms with Gasteiger partial charge in [0.1, 0.15) is 11.5 Å². The summed E-state index contributed by atoms with van der Waals surface area (Å²) in [6, 6.07) is 3.96. The first kappa shape index (κ1) is 14.6. The highest BCUT2D eigenvalue weighted by Crippen LogP contribution is 2.31. The Kier molecular flexibility index (Phi) is 3.88. The van der Waals surface area contributed by atoms with Crippen LogP contribution in [0.25, 0.3) is 0 Å². The Bertz CT molecular complexity index is 514. The maximum absolute atomic E-state index is 12.4. The maximum atomic E-state index is 12.4. The van der Waals surface area contributed by atoms with Gasteiger partial charge in [0, 0.05) is 12.5 Å². The summed E-state index contributed by atoms with van der Waals surface area (Å²) < 4.78 is 5.51. The number of nitrogens with zero attached hydrogens (tertiary/aromatic N) is 1. The Balaban J connectivity index is 2.05. The molecule has 1 aromatic rings. The van der Waals surface area contributed by atoms with Gasteiger partial charge < -0.3 is 14.4 Å². The van der Waals surface area contributed by atoms with E-state index < -0.39 is 11.4 Å². The second-order valence-electron chi connectivity index (χ2n) is 6.13. The van der Waals surface area contributed by atoms with Crippen LogP contribution in [0.15, 0.2) is 16.5 Å². The van der Waals surface area contributed by atoms with Gasteiger partial charge in [-0.25, -0.2) is 0 Å². The van der Waals surface area contributed by atoms with Gasteiger partial charge in [0.05, 0.1) is 12.0 Å². The number of carboxylic acids is 1. The second-order valence-corrected chi connectivity index (χ2v) is 6.13. The fraction of sp³-hybridized carbons (Fsp3) is 0.600. The van der Waals surface area contributed by atoms with Crippen molar-refractivity contribution in [1.29, 1.82) is 0 Å². The summed E-state index contributed by atoms with van der Waals surface area (Å²) in [5.41, 5.74) is -1.04. The molecule has 0 atom stereocenters. The van der Waals surface area contributed by atoms with Crippen molar-refractivity contribution in [2.24, 2.45) is 5.41 Å². The number of hydrogen-bond donors (Lipinski definition) is 1. The van der Waals surface area contributed by atoms with Crippen molar-refractivity contribution >= 4 is 11.9 Å². The molecule has 1 aliphatic rings. The molecule has 2 rings (SSSR count). The van der Waals surface area contributed by atoms with E-state index in [1.165, 1.54) is 0 Å². The van der Waals surface area contributed by atoms with E-state index in [2.05, 4.69) is 0 Å². The zero-order valence-electron chi connectivity index (χ0n) is 12.2. The molecular formula is C15H21NO4. The minimum atomic E-state index is -1.04. The lowest BCUT2D eigenvalue weighted by Gasteiger charge is -2.26. The number of hydrogen-bond acceptors (Lipinski definition) is 3. The first-order valence-electron chi connectivity index (χ1n) is 6.88. The lowest BCUT2D eigenvalue weighted by atomic mass is 9.89. The van der Waals surface area contributed by atoms with Crippen LogP contribution in [0.4, 0.5) is 0 Å². The number of aryl methyl sites for hydroxylation is 1. The normalized spacial score (nSPS) is 15.2. The molecule has 0 bridgehead atoms. The van der Waals surface area contributed by atoms with Gasteiger partial charge in [-0.1, -0.05) is 0 Å². The predicted molar refractivity (Wildman–Crippen MR) is 73.1 cm³/mol. The monoisotopic (exact) mass is 279 g/mol. The minimum absolute atomic E-state index is 0.0124. The molecule has 1 heterocycles. The average Bonchev–Trinajstić information content (AvgIpc) is 3.09. The molecule has 1 saturated carbocycles. The van der Waals surface area contributed by atoms with Crippen LogP contribution in [0.3, 0.4) is 0 Å². The van der Waals surface area contributed by atoms with E-state index in [1.807, 2.05) is 19.1 Å². The molecule has 0 aromatic carbocycles. The fourth-order valence-corrected chi connectivity index (χ4v) is 2.10. The molecule has 1 aliphatic carbocycles. The van der Waals surface area contributed by atoms with E-state index in [0.717, 1.165) is 24.4 Å². The Morgan fingerprint density at radius 3 is 2.50 bits per heavy atom. The van der Waals surface area contributed by atoms with Gasteiger partial charge in [0.2, 0.25) is 5.91 Å². The molecule has 0 aliphatic heterocycles. The lowest BCUT2D eigenvalue weighted by molar-refractivity contribution is -0.151. The van der Waals surface area contributed by atoms with Crippen molar-refractivity contribution < 1.29 is 19.1 Å². The molecule has 5 nitrogen and oxygen atoms in total. The van der Waals surface area contributed by atoms with E-state index >= 15 is 0 Å². The standard InChI is InChI=1S/C15H21NO4/c1-10-4-7-12(20-10)9-16(11-5-6-11)13(17)8-15(2,3)14(18)19/h4,7,11H,5-6,8-9H2,1-3H3,(H,18,19). The third kappa shape index (κ3) is 3.40. The summed E-state index contributed by atoms with van der Waals surface area (Å²) in [6.45, 7) is 5.44. The molecule has 1 N–H and O–H groups in total. The second kappa shape index (κ2) is 5.31. The summed E-state index contributed by atoms with van der Waals surface area (Å²) in [5, 5.41) is 9.13. The highest BCUT2D eigenvalue weighted by molar-refractivity contribution is 5.84. The summed E-state index contributed by atoms with van der Waals surface area (Å²) in [7, 11) is 0. The molecule has 0 saturated heterocycles. The smallest absolute Gasteiger partial charge is 0.309 e. The highest BCUT2D eigenvalue weighted by Gasteiger charge is 2.37. The van der Waals surface area contributed by atoms with Gasteiger partial charge in [-0.2, -0.15) is 0 Å². The molecule has 1 amide bonds. The molecule has 0 spiro atoms. The largest absolute Gasteiger partial charge is 0.481 e. The van der Waals surface area contributed by atoms with E-state index in [9.17, 15) is 9.59 Å². The molecule has 0 radical (unpaired) electrons. The predicted octanol–water partition coefficient (Wildman–Crippen LogP) is 2.58. The molecule has 5 heteroatoms. The van der Waals surface area contributed by atoms with Gasteiger partial charge in [0.25, 0.3) is 0 Å². The first-order valence-corrected chi connectivity index (χ1v) is 6.88. The van der Waals surface area contributed by atoms with Gasteiger partial charge in [0.15, 0.2) is 0 Å². The van der Waals surface area contributed by atoms with E-state index in [4.69, 9.17) is 9.52 Å². The zero-order chi connectivity index (χ0) is 14.9. The van der Waals surface area contributed by atoms with Crippen LogP contribution in [0.5, 0.6) is 0 Å². The lowest BCUT2D eigenvalue weighted by Crippen LogP contribution is -2.37. The third-order valence-corrected chi connectivity index (χ3v) is 3.60.